The third-order valence-electron chi connectivity index (χ3n) is 0. The van der Waals surface area contributed by atoms with Gasteiger partial charge in [0.25, 0.3) is 0 Å². The Labute approximate surface area is 112 Å². The van der Waals surface area contributed by atoms with Crippen LogP contribution in [0.1, 0.15) is 0 Å². The lowest BCUT2D eigenvalue weighted by atomic mass is 11.8. The van der Waals surface area contributed by atoms with Crippen LogP contribution < -0.4 is 11.5 Å². The molecule has 92 valence electrons. The van der Waals surface area contributed by atoms with E-state index in [1.807, 2.05) is 0 Å². The third-order valence-corrected chi connectivity index (χ3v) is 0. The summed E-state index contributed by atoms with van der Waals surface area (Å²) in [6.45, 7) is 0. The fourth-order valence-electron chi connectivity index (χ4n) is 0. The monoisotopic (exact) mass is 332 g/mol. The van der Waals surface area contributed by atoms with Crippen molar-refractivity contribution in [1.29, 1.82) is 0 Å². The SMILES string of the molecule is Cl.Cl.N.O=C(Cl)Cl.O=S=O.O=[NH+][O-].S. The number of rotatable bonds is 0. The predicted octanol–water partition coefficient (Wildman–Crippen LogP) is 0.363. The van der Waals surface area contributed by atoms with Crippen molar-refractivity contribution in [3.8, 4) is 0 Å². The molecule has 0 fully saturated rings. The van der Waals surface area contributed by atoms with Crippen molar-refractivity contribution in [3.63, 3.8) is 0 Å². The minimum Gasteiger partial charge on any atom is -0.344 e. The van der Waals surface area contributed by atoms with Crippen LogP contribution in [0, 0.1) is 10.1 Å². The van der Waals surface area contributed by atoms with Gasteiger partial charge in [-0.3, -0.25) is 14.9 Å². The molecule has 4 N–H and O–H groups in total. The standard InChI is InChI=1S/CCl2O.2ClH.HNO2.H3N.O2S.H2S/c2-1(3)4;;;2-1-3;;1-3-2;/h;2*1H;1H;1H3;;1H2. The third kappa shape index (κ3) is 12300. The van der Waals surface area contributed by atoms with Crippen molar-refractivity contribution in [2.45, 2.75) is 0 Å². The molecule has 14 heavy (non-hydrogen) atoms. The van der Waals surface area contributed by atoms with E-state index in [4.69, 9.17) is 23.3 Å². The molecule has 0 amide bonds. The first-order valence-corrected chi connectivity index (χ1v) is 2.75. The number of carbonyl (C=O) groups excluding carboxylic acids is 1. The molecule has 7 nitrogen and oxygen atoms in total. The summed E-state index contributed by atoms with van der Waals surface area (Å²) in [7, 11) is 0. The molecule has 0 atom stereocenters. The fraction of sp³-hybridized carbons (Fsp3) is 0. The molecule has 0 saturated heterocycles. The van der Waals surface area contributed by atoms with E-state index in [1.165, 1.54) is 0 Å². The Morgan fingerprint density at radius 3 is 1.21 bits per heavy atom. The lowest BCUT2D eigenvalue weighted by molar-refractivity contribution is -0.398. The van der Waals surface area contributed by atoms with Gasteiger partial charge in [-0.1, -0.05) is 0 Å². The highest BCUT2D eigenvalue weighted by molar-refractivity contribution is 7.59. The van der Waals surface area contributed by atoms with Gasteiger partial charge in [0, 0.05) is 5.34 Å². The van der Waals surface area contributed by atoms with E-state index in [-0.39, 0.29) is 49.8 Å². The number of hydrogen-bond donors (Lipinski definition) is 2. The van der Waals surface area contributed by atoms with Gasteiger partial charge in [-0.15, -0.1) is 24.8 Å². The van der Waals surface area contributed by atoms with E-state index in [2.05, 4.69) is 23.2 Å². The van der Waals surface area contributed by atoms with Crippen LogP contribution in [0.25, 0.3) is 0 Å². The van der Waals surface area contributed by atoms with Crippen molar-refractivity contribution < 1.29 is 18.6 Å². The van der Waals surface area contributed by atoms with Crippen LogP contribution in [-0.2, 0) is 11.6 Å². The molecule has 0 aromatic rings. The largest absolute Gasteiger partial charge is 0.344 e. The van der Waals surface area contributed by atoms with Crippen LogP contribution in [0.5, 0.6) is 0 Å². The Balaban J connectivity index is -0.00000000929. The molecule has 0 saturated carbocycles. The summed E-state index contributed by atoms with van der Waals surface area (Å²) >= 11 is 8.05. The topological polar surface area (TPSA) is 140 Å². The normalized spacial score (nSPS) is 3.57. The summed E-state index contributed by atoms with van der Waals surface area (Å²) in [6.07, 6.45) is 0. The summed E-state index contributed by atoms with van der Waals surface area (Å²) in [5, 5.41) is 8.38. The van der Waals surface area contributed by atoms with Gasteiger partial charge in [0.1, 0.15) is 0 Å². The smallest absolute Gasteiger partial charge is 0.335 e. The van der Waals surface area contributed by atoms with Crippen LogP contribution in [-0.4, -0.2) is 13.1 Å². The Hall–Kier alpha value is 0.360. The van der Waals surface area contributed by atoms with Crippen LogP contribution in [0.3, 0.4) is 0 Å². The molecular weight excluding hydrogens is 326 g/mol. The lowest BCUT2D eigenvalue weighted by Gasteiger charge is -1.48. The van der Waals surface area contributed by atoms with Gasteiger partial charge in [-0.05, 0) is 23.2 Å². The molecule has 0 rings (SSSR count). The van der Waals surface area contributed by atoms with Gasteiger partial charge in [0.05, 0.1) is 0 Å². The quantitative estimate of drug-likeness (QED) is 0.372. The molecule has 0 aliphatic heterocycles. The molecule has 0 unspecified atom stereocenters. The van der Waals surface area contributed by atoms with E-state index < -0.39 is 16.3 Å². The van der Waals surface area contributed by atoms with E-state index in [0.29, 0.717) is 0 Å². The Bertz CT molecular complexity index is 127. The van der Waals surface area contributed by atoms with Crippen LogP contribution in [0.2, 0.25) is 0 Å². The van der Waals surface area contributed by atoms with E-state index in [0.717, 1.165) is 0 Å². The zero-order chi connectivity index (χ0) is 8.99. The second-order valence-electron chi connectivity index (χ2n) is 0.377. The molecule has 0 aromatic heterocycles. The van der Waals surface area contributed by atoms with Gasteiger partial charge in [-0.25, -0.2) is 0 Å². The van der Waals surface area contributed by atoms with Gasteiger partial charge in [0.2, 0.25) is 0 Å². The summed E-state index contributed by atoms with van der Waals surface area (Å²) in [4.78, 5) is 17.1. The lowest BCUT2D eigenvalue weighted by Crippen LogP contribution is -2.53. The van der Waals surface area contributed by atoms with Crippen molar-refractivity contribution in [2.24, 2.45) is 0 Å². The highest BCUT2D eigenvalue weighted by Crippen LogP contribution is 1.84. The minimum atomic E-state index is -0.889. The van der Waals surface area contributed by atoms with Crippen molar-refractivity contribution in [3.05, 3.63) is 10.1 Å². The van der Waals surface area contributed by atoms with Gasteiger partial charge >= 0.3 is 16.3 Å². The van der Waals surface area contributed by atoms with Crippen LogP contribution >= 0.6 is 61.5 Å². The van der Waals surface area contributed by atoms with Crippen molar-refractivity contribution >= 4 is 77.8 Å². The average Bonchev–Trinajstić information content (AvgIpc) is 1.65. The Morgan fingerprint density at radius 1 is 1.21 bits per heavy atom. The number of nitrogens with one attached hydrogen (secondary N) is 1. The molecule has 0 radical (unpaired) electrons. The van der Waals surface area contributed by atoms with Crippen molar-refractivity contribution in [1.82, 2.24) is 6.15 Å². The molecule has 0 heterocycles. The minimum absolute atomic E-state index is 0. The first kappa shape index (κ1) is 47.3. The predicted molar refractivity (Wildman–Crippen MR) is 63.6 cm³/mol. The van der Waals surface area contributed by atoms with Crippen LogP contribution in [0.4, 0.5) is 4.79 Å². The molecule has 0 aromatic carbocycles. The first-order chi connectivity index (χ1) is 4.56. The fourth-order valence-corrected chi connectivity index (χ4v) is 0. The molecule has 13 heteroatoms. The van der Waals surface area contributed by atoms with E-state index in [1.54, 1.807) is 0 Å². The number of carbonyl (C=O) groups is 1. The highest BCUT2D eigenvalue weighted by Gasteiger charge is 1.72. The van der Waals surface area contributed by atoms with Gasteiger partial charge in [-0.2, -0.15) is 21.9 Å². The van der Waals surface area contributed by atoms with Gasteiger partial charge in [0.15, 0.2) is 0 Å². The van der Waals surface area contributed by atoms with Crippen molar-refractivity contribution in [2.75, 3.05) is 0 Å². The average molecular weight is 334 g/mol. The van der Waals surface area contributed by atoms with E-state index >= 15 is 0 Å². The second-order valence-corrected chi connectivity index (χ2v) is 1.39. The van der Waals surface area contributed by atoms with Crippen LogP contribution in [0.15, 0.2) is 0 Å². The summed E-state index contributed by atoms with van der Waals surface area (Å²) in [6, 6.07) is 0. The van der Waals surface area contributed by atoms with E-state index in [9.17, 15) is 0 Å². The molecular formula is CH8Cl4N2O5S2. The summed E-state index contributed by atoms with van der Waals surface area (Å²) in [5.74, 6) is 0. The molecule has 0 aliphatic rings. The molecule has 0 bridgehead atoms. The second kappa shape index (κ2) is 71.0. The summed E-state index contributed by atoms with van der Waals surface area (Å²) < 4.78 is 15.7. The summed E-state index contributed by atoms with van der Waals surface area (Å²) in [5.41, 5.74) is 0. The zero-order valence-corrected chi connectivity index (χ0v) is 11.2. The van der Waals surface area contributed by atoms with Gasteiger partial charge < -0.3 is 6.15 Å². The first-order valence-electron chi connectivity index (χ1n) is 1.32. The number of hydrogen-bond acceptors (Lipinski definition) is 6. The Kier molecular flexibility index (Phi) is 240. The Morgan fingerprint density at radius 2 is 1.21 bits per heavy atom. The number of halogens is 4. The maximum Gasteiger partial charge on any atom is 0.335 e. The zero-order valence-electron chi connectivity index (χ0n) is 6.23. The maximum atomic E-state index is 8.98. The maximum absolute atomic E-state index is 8.98. The molecule has 0 aliphatic carbocycles. The highest BCUT2D eigenvalue weighted by atomic mass is 35.5. The molecule has 0 spiro atoms.